The molecule has 0 fully saturated rings. The lowest BCUT2D eigenvalue weighted by Crippen LogP contribution is -2.20. The Kier molecular flexibility index (Phi) is 5.97. The SMILES string of the molecule is Cc1cc(Cl)ccc1NC(=O)Nc1cncc(C(=O)c2cc(C(C)C)n3ncnc(N)c23)c1. The van der Waals surface area contributed by atoms with Gasteiger partial charge >= 0.3 is 6.03 Å². The van der Waals surface area contributed by atoms with E-state index in [0.717, 1.165) is 11.3 Å². The summed E-state index contributed by atoms with van der Waals surface area (Å²) in [4.78, 5) is 34.0. The van der Waals surface area contributed by atoms with E-state index in [1.54, 1.807) is 34.8 Å². The van der Waals surface area contributed by atoms with Crippen LogP contribution in [0.2, 0.25) is 5.02 Å². The lowest BCUT2D eigenvalue weighted by molar-refractivity contribution is 0.104. The molecule has 0 saturated carbocycles. The zero-order valence-corrected chi connectivity index (χ0v) is 19.0. The molecule has 10 heteroatoms. The van der Waals surface area contributed by atoms with Gasteiger partial charge in [-0.1, -0.05) is 25.4 Å². The summed E-state index contributed by atoms with van der Waals surface area (Å²) in [6.45, 7) is 5.84. The fourth-order valence-corrected chi connectivity index (χ4v) is 3.74. The van der Waals surface area contributed by atoms with E-state index in [2.05, 4.69) is 25.7 Å². The topological polar surface area (TPSA) is 127 Å². The molecule has 0 atom stereocenters. The highest BCUT2D eigenvalue weighted by molar-refractivity contribution is 6.30. The molecule has 168 valence electrons. The predicted molar refractivity (Wildman–Crippen MR) is 128 cm³/mol. The highest BCUT2D eigenvalue weighted by Gasteiger charge is 2.22. The zero-order chi connectivity index (χ0) is 23.7. The molecule has 0 aliphatic carbocycles. The van der Waals surface area contributed by atoms with Crippen LogP contribution >= 0.6 is 11.6 Å². The summed E-state index contributed by atoms with van der Waals surface area (Å²) in [6.07, 6.45) is 4.25. The van der Waals surface area contributed by atoms with E-state index in [1.165, 1.54) is 18.7 Å². The highest BCUT2D eigenvalue weighted by Crippen LogP contribution is 2.27. The van der Waals surface area contributed by atoms with Crippen molar-refractivity contribution in [3.63, 3.8) is 0 Å². The second-order valence-electron chi connectivity index (χ2n) is 7.87. The summed E-state index contributed by atoms with van der Waals surface area (Å²) in [5, 5.41) is 10.3. The number of nitrogens with zero attached hydrogens (tertiary/aromatic N) is 4. The summed E-state index contributed by atoms with van der Waals surface area (Å²) < 4.78 is 1.64. The third-order valence-corrected chi connectivity index (χ3v) is 5.38. The number of nitrogen functional groups attached to an aromatic ring is 1. The number of nitrogens with one attached hydrogen (secondary N) is 2. The number of rotatable bonds is 5. The number of benzene rings is 1. The number of pyridine rings is 1. The van der Waals surface area contributed by atoms with Crippen molar-refractivity contribution in [2.75, 3.05) is 16.4 Å². The first-order chi connectivity index (χ1) is 15.7. The number of carbonyl (C=O) groups excluding carboxylic acids is 2. The maximum Gasteiger partial charge on any atom is 0.323 e. The summed E-state index contributed by atoms with van der Waals surface area (Å²) >= 11 is 5.96. The first-order valence-electron chi connectivity index (χ1n) is 10.2. The van der Waals surface area contributed by atoms with Crippen molar-refractivity contribution in [3.05, 3.63) is 76.5 Å². The van der Waals surface area contributed by atoms with Crippen LogP contribution in [0.5, 0.6) is 0 Å². The predicted octanol–water partition coefficient (Wildman–Crippen LogP) is 4.67. The zero-order valence-electron chi connectivity index (χ0n) is 18.3. The second kappa shape index (κ2) is 8.87. The monoisotopic (exact) mass is 463 g/mol. The largest absolute Gasteiger partial charge is 0.382 e. The molecular formula is C23H22ClN7O2. The molecule has 0 saturated heterocycles. The summed E-state index contributed by atoms with van der Waals surface area (Å²) in [6, 6.07) is 8.01. The fourth-order valence-electron chi connectivity index (χ4n) is 3.52. The number of aryl methyl sites for hydroxylation is 1. The van der Waals surface area contributed by atoms with Crippen molar-refractivity contribution in [1.29, 1.82) is 0 Å². The van der Waals surface area contributed by atoms with E-state index in [4.69, 9.17) is 17.3 Å². The summed E-state index contributed by atoms with van der Waals surface area (Å²) in [5.41, 5.74) is 9.81. The Labute approximate surface area is 195 Å². The van der Waals surface area contributed by atoms with Crippen LogP contribution in [0.25, 0.3) is 5.52 Å². The number of hydrogen-bond donors (Lipinski definition) is 3. The maximum atomic E-state index is 13.3. The Morgan fingerprint density at radius 1 is 1.12 bits per heavy atom. The smallest absolute Gasteiger partial charge is 0.323 e. The maximum absolute atomic E-state index is 13.3. The number of urea groups is 1. The van der Waals surface area contributed by atoms with Gasteiger partial charge in [-0.3, -0.25) is 9.78 Å². The van der Waals surface area contributed by atoms with Crippen molar-refractivity contribution >= 4 is 46.1 Å². The summed E-state index contributed by atoms with van der Waals surface area (Å²) in [5.74, 6) is 0.0192. The molecule has 0 unspecified atom stereocenters. The molecule has 0 aliphatic heterocycles. The Hall–Kier alpha value is -3.98. The van der Waals surface area contributed by atoms with Gasteiger partial charge in [0.2, 0.25) is 0 Å². The van der Waals surface area contributed by atoms with Gasteiger partial charge in [-0.05, 0) is 48.7 Å². The molecule has 3 aromatic heterocycles. The average molecular weight is 464 g/mol. The van der Waals surface area contributed by atoms with Crippen LogP contribution in [-0.2, 0) is 0 Å². The number of nitrogens with two attached hydrogens (primary N) is 1. The van der Waals surface area contributed by atoms with Gasteiger partial charge in [-0.25, -0.2) is 14.3 Å². The number of carbonyl (C=O) groups is 2. The molecule has 0 bridgehead atoms. The quantitative estimate of drug-likeness (QED) is 0.369. The lowest BCUT2D eigenvalue weighted by Gasteiger charge is -2.10. The van der Waals surface area contributed by atoms with E-state index in [1.807, 2.05) is 20.8 Å². The average Bonchev–Trinajstić information content (AvgIpc) is 3.17. The van der Waals surface area contributed by atoms with Gasteiger partial charge in [-0.15, -0.1) is 0 Å². The van der Waals surface area contributed by atoms with Crippen molar-refractivity contribution in [2.45, 2.75) is 26.7 Å². The Balaban J connectivity index is 1.60. The van der Waals surface area contributed by atoms with Gasteiger partial charge in [-0.2, -0.15) is 5.10 Å². The van der Waals surface area contributed by atoms with Gasteiger partial charge in [0.25, 0.3) is 0 Å². The van der Waals surface area contributed by atoms with Crippen LogP contribution in [0.4, 0.5) is 22.0 Å². The van der Waals surface area contributed by atoms with E-state index in [9.17, 15) is 9.59 Å². The highest BCUT2D eigenvalue weighted by atomic mass is 35.5. The molecule has 4 aromatic rings. The molecule has 2 amide bonds. The molecule has 3 heterocycles. The number of aromatic nitrogens is 4. The van der Waals surface area contributed by atoms with Gasteiger partial charge < -0.3 is 16.4 Å². The van der Waals surface area contributed by atoms with Crippen LogP contribution in [0.3, 0.4) is 0 Å². The third-order valence-electron chi connectivity index (χ3n) is 5.14. The molecule has 33 heavy (non-hydrogen) atoms. The number of anilines is 3. The van der Waals surface area contributed by atoms with E-state index in [0.29, 0.717) is 33.0 Å². The van der Waals surface area contributed by atoms with E-state index >= 15 is 0 Å². The molecule has 9 nitrogen and oxygen atoms in total. The van der Waals surface area contributed by atoms with Crippen LogP contribution in [-0.4, -0.2) is 31.4 Å². The van der Waals surface area contributed by atoms with Crippen LogP contribution in [0, 0.1) is 6.92 Å². The number of amides is 2. The van der Waals surface area contributed by atoms with Crippen molar-refractivity contribution in [2.24, 2.45) is 0 Å². The normalized spacial score (nSPS) is 11.1. The van der Waals surface area contributed by atoms with Gasteiger partial charge in [0, 0.05) is 28.2 Å². The fraction of sp³-hybridized carbons (Fsp3) is 0.174. The molecule has 0 radical (unpaired) electrons. The Bertz CT molecular complexity index is 1380. The van der Waals surface area contributed by atoms with Crippen LogP contribution in [0.1, 0.15) is 46.9 Å². The van der Waals surface area contributed by atoms with Crippen molar-refractivity contribution in [1.82, 2.24) is 19.6 Å². The first kappa shape index (κ1) is 22.2. The van der Waals surface area contributed by atoms with Crippen molar-refractivity contribution < 1.29 is 9.59 Å². The molecule has 4 N–H and O–H groups in total. The Morgan fingerprint density at radius 3 is 2.64 bits per heavy atom. The Morgan fingerprint density at radius 2 is 1.91 bits per heavy atom. The molecule has 1 aromatic carbocycles. The standard InChI is InChI=1S/C23H22ClN7O2/c1-12(2)19-8-17(20-22(25)27-11-28-31(19)20)21(32)14-7-16(10-26-9-14)29-23(33)30-18-5-4-15(24)6-13(18)3/h4-12H,1-3H3,(H2,25,27,28)(H2,29,30,33). The molecule has 0 aliphatic rings. The minimum Gasteiger partial charge on any atom is -0.382 e. The second-order valence-corrected chi connectivity index (χ2v) is 8.31. The van der Waals surface area contributed by atoms with Gasteiger partial charge in [0.1, 0.15) is 11.8 Å². The molecular weight excluding hydrogens is 442 g/mol. The number of hydrogen-bond acceptors (Lipinski definition) is 6. The van der Waals surface area contributed by atoms with Gasteiger partial charge in [0.05, 0.1) is 17.4 Å². The third kappa shape index (κ3) is 4.49. The van der Waals surface area contributed by atoms with E-state index < -0.39 is 6.03 Å². The minimum absolute atomic E-state index is 0.111. The first-order valence-corrected chi connectivity index (χ1v) is 10.6. The summed E-state index contributed by atoms with van der Waals surface area (Å²) in [7, 11) is 0. The molecule has 4 rings (SSSR count). The van der Waals surface area contributed by atoms with Crippen molar-refractivity contribution in [3.8, 4) is 0 Å². The van der Waals surface area contributed by atoms with Gasteiger partial charge in [0.15, 0.2) is 11.6 Å². The van der Waals surface area contributed by atoms with E-state index in [-0.39, 0.29) is 17.5 Å². The lowest BCUT2D eigenvalue weighted by atomic mass is 10.0. The number of fused-ring (bicyclic) bond motifs is 1. The molecule has 0 spiro atoms. The number of ketones is 1. The number of halogens is 1. The van der Waals surface area contributed by atoms with Crippen LogP contribution in [0.15, 0.2) is 49.1 Å². The minimum atomic E-state index is -0.471. The van der Waals surface area contributed by atoms with Crippen LogP contribution < -0.4 is 16.4 Å².